The fourth-order valence-corrected chi connectivity index (χ4v) is 7.44. The predicted octanol–water partition coefficient (Wildman–Crippen LogP) is 2.02. The van der Waals surface area contributed by atoms with Crippen molar-refractivity contribution < 1.29 is 41.3 Å². The van der Waals surface area contributed by atoms with Gasteiger partial charge in [0.1, 0.15) is 11.5 Å². The molecular weight excluding hydrogens is 442 g/mol. The van der Waals surface area contributed by atoms with Crippen molar-refractivity contribution in [3.8, 4) is 11.5 Å². The minimum atomic E-state index is -3.93. The van der Waals surface area contributed by atoms with Crippen LogP contribution in [0.1, 0.15) is 32.8 Å². The number of fused-ring (bicyclic) bond motifs is 1. The first-order valence-electron chi connectivity index (χ1n) is 9.94. The summed E-state index contributed by atoms with van der Waals surface area (Å²) in [5, 5.41) is 0. The zero-order valence-electron chi connectivity index (χ0n) is 18.2. The smallest absolute Gasteiger partial charge is 0.520 e. The van der Waals surface area contributed by atoms with Gasteiger partial charge in [0.05, 0.1) is 19.3 Å². The topological polar surface area (TPSA) is 133 Å². The van der Waals surface area contributed by atoms with E-state index < -0.39 is 35.3 Å². The number of hydrogen-bond acceptors (Lipinski definition) is 10. The second kappa shape index (κ2) is 10.7. The minimum Gasteiger partial charge on any atom is -0.520 e. The van der Waals surface area contributed by atoms with Crippen molar-refractivity contribution in [1.82, 2.24) is 0 Å². The summed E-state index contributed by atoms with van der Waals surface area (Å²) in [7, 11) is -6.21. The summed E-state index contributed by atoms with van der Waals surface area (Å²) in [6.07, 6.45) is 0.845. The van der Waals surface area contributed by atoms with E-state index in [2.05, 4.69) is 0 Å². The normalized spacial score (nSPS) is 17.7. The Morgan fingerprint density at radius 1 is 1.10 bits per heavy atom. The molecule has 0 fully saturated rings. The van der Waals surface area contributed by atoms with Gasteiger partial charge < -0.3 is 32.6 Å². The molecule has 1 aliphatic heterocycles. The minimum absolute atomic E-state index is 0.0104. The molecule has 0 aliphatic carbocycles. The number of hydrogen-bond donors (Lipinski definition) is 1. The van der Waals surface area contributed by atoms with Crippen LogP contribution >= 0.6 is 0 Å². The van der Waals surface area contributed by atoms with Crippen LogP contribution in [0, 0.1) is 0 Å². The number of nitrogens with two attached hydrogens (primary N) is 1. The second-order valence-electron chi connectivity index (χ2n) is 7.25. The van der Waals surface area contributed by atoms with Crippen molar-refractivity contribution >= 4 is 35.3 Å². The summed E-state index contributed by atoms with van der Waals surface area (Å²) >= 11 is 0. The zero-order chi connectivity index (χ0) is 23.1. The van der Waals surface area contributed by atoms with Crippen molar-refractivity contribution in [1.29, 1.82) is 0 Å². The Hall–Kier alpha value is -2.42. The molecule has 1 heterocycles. The summed E-state index contributed by atoms with van der Waals surface area (Å²) in [6.45, 7) is 6.43. The molecule has 172 valence electrons. The molecule has 1 atom stereocenters. The van der Waals surface area contributed by atoms with E-state index in [9.17, 15) is 14.4 Å². The third-order valence-electron chi connectivity index (χ3n) is 4.30. The molecule has 0 saturated carbocycles. The van der Waals surface area contributed by atoms with E-state index in [0.717, 1.165) is 44.5 Å². The summed E-state index contributed by atoms with van der Waals surface area (Å²) in [5.41, 5.74) is 6.44. The maximum atomic E-state index is 11.5. The number of rotatable bonds is 10. The molecule has 1 aromatic carbocycles. The Bertz CT molecular complexity index is 779. The fraction of sp³-hybridized carbons (Fsp3) is 0.526. The predicted molar refractivity (Wildman–Crippen MR) is 113 cm³/mol. The van der Waals surface area contributed by atoms with Gasteiger partial charge in [-0.15, -0.1) is 0 Å². The molecule has 0 bridgehead atoms. The Morgan fingerprint density at radius 2 is 1.71 bits per heavy atom. The molecule has 1 aromatic rings. The molecule has 31 heavy (non-hydrogen) atoms. The van der Waals surface area contributed by atoms with Gasteiger partial charge in [0, 0.05) is 32.4 Å². The first-order chi connectivity index (χ1) is 14.6. The van der Waals surface area contributed by atoms with Crippen LogP contribution in [0.2, 0.25) is 18.6 Å². The van der Waals surface area contributed by atoms with Crippen molar-refractivity contribution in [2.45, 2.75) is 52.4 Å². The van der Waals surface area contributed by atoms with Crippen LogP contribution in [0.4, 0.5) is 0 Å². The number of carbonyl (C=O) groups is 3. The molecule has 1 aliphatic rings. The summed E-state index contributed by atoms with van der Waals surface area (Å²) < 4.78 is 33.2. The van der Waals surface area contributed by atoms with Crippen LogP contribution in [0.25, 0.3) is 0 Å². The van der Waals surface area contributed by atoms with Crippen molar-refractivity contribution in [3.05, 3.63) is 23.8 Å². The lowest BCUT2D eigenvalue weighted by molar-refractivity contribution is -0.147. The maximum absolute atomic E-state index is 11.5. The lowest BCUT2D eigenvalue weighted by Gasteiger charge is -2.33. The van der Waals surface area contributed by atoms with Crippen LogP contribution in [-0.4, -0.2) is 48.4 Å². The lowest BCUT2D eigenvalue weighted by Crippen LogP contribution is -2.50. The monoisotopic (exact) mass is 471 g/mol. The molecule has 10 nitrogen and oxygen atoms in total. The molecule has 0 aromatic heterocycles. The summed E-state index contributed by atoms with van der Waals surface area (Å²) in [5.74, 6) is -0.889. The molecule has 2 rings (SSSR count). The highest BCUT2D eigenvalue weighted by Crippen LogP contribution is 2.34. The average molecular weight is 472 g/mol. The van der Waals surface area contributed by atoms with Gasteiger partial charge in [0.15, 0.2) is 0 Å². The van der Waals surface area contributed by atoms with E-state index in [1.807, 2.05) is 12.6 Å². The van der Waals surface area contributed by atoms with Gasteiger partial charge in [-0.1, -0.05) is 0 Å². The first kappa shape index (κ1) is 24.8. The van der Waals surface area contributed by atoms with Gasteiger partial charge in [-0.05, 0) is 37.7 Å². The largest absolute Gasteiger partial charge is 0.708 e. The average Bonchev–Trinajstić information content (AvgIpc) is 2.65. The van der Waals surface area contributed by atoms with Gasteiger partial charge in [-0.25, -0.2) is 0 Å². The van der Waals surface area contributed by atoms with E-state index in [1.165, 1.54) is 0 Å². The van der Waals surface area contributed by atoms with Crippen molar-refractivity contribution in [2.24, 2.45) is 5.73 Å². The fourth-order valence-electron chi connectivity index (χ4n) is 3.06. The molecule has 0 amide bonds. The molecule has 0 spiro atoms. The van der Waals surface area contributed by atoms with E-state index in [0.29, 0.717) is 18.9 Å². The molecule has 2 N–H and O–H groups in total. The van der Waals surface area contributed by atoms with Crippen LogP contribution in [0.15, 0.2) is 18.2 Å². The lowest BCUT2D eigenvalue weighted by atomic mass is 10.2. The SMILES string of the molecule is CC(=O)O[Si](CCOc1ccc2c(c1)CO[Si](C)(CCCN)O2)(OC(C)=O)OC(C)=O. The van der Waals surface area contributed by atoms with Crippen LogP contribution in [0.5, 0.6) is 11.5 Å². The van der Waals surface area contributed by atoms with Gasteiger partial charge in [-0.2, -0.15) is 0 Å². The van der Waals surface area contributed by atoms with E-state index in [1.54, 1.807) is 12.1 Å². The van der Waals surface area contributed by atoms with Gasteiger partial charge in [0.25, 0.3) is 17.9 Å². The zero-order valence-corrected chi connectivity index (χ0v) is 20.2. The maximum Gasteiger partial charge on any atom is 0.708 e. The molecule has 1 unspecified atom stereocenters. The Balaban J connectivity index is 2.05. The third-order valence-corrected chi connectivity index (χ3v) is 9.58. The molecule has 12 heteroatoms. The third kappa shape index (κ3) is 7.65. The van der Waals surface area contributed by atoms with Crippen LogP contribution < -0.4 is 14.9 Å². The summed E-state index contributed by atoms with van der Waals surface area (Å²) in [6, 6.07) is 6.08. The standard InChI is InChI=1S/C19H29NO9Si2/c1-14(21)26-31(27-15(2)22,28-16(3)23)11-9-24-18-6-7-19-17(12-18)13-25-30(4,29-19)10-5-8-20/h6-7,12H,5,8-11,13,20H2,1-4H3. The summed E-state index contributed by atoms with van der Waals surface area (Å²) in [4.78, 5) is 34.5. The number of benzene rings is 1. The van der Waals surface area contributed by atoms with Crippen molar-refractivity contribution in [2.75, 3.05) is 13.2 Å². The number of ether oxygens (including phenoxy) is 1. The van der Waals surface area contributed by atoms with Crippen molar-refractivity contribution in [3.63, 3.8) is 0 Å². The van der Waals surface area contributed by atoms with Crippen LogP contribution in [0.3, 0.4) is 0 Å². The number of carbonyl (C=O) groups excluding carboxylic acids is 3. The molecular formula is C19H29NO9Si2. The second-order valence-corrected chi connectivity index (χ2v) is 13.0. The van der Waals surface area contributed by atoms with E-state index in [-0.39, 0.29) is 12.7 Å². The molecule has 0 saturated heterocycles. The van der Waals surface area contributed by atoms with E-state index >= 15 is 0 Å². The highest BCUT2D eigenvalue weighted by atomic mass is 28.4. The highest BCUT2D eigenvalue weighted by Gasteiger charge is 2.51. The Labute approximate surface area is 183 Å². The quantitative estimate of drug-likeness (QED) is 0.505. The Kier molecular flexibility index (Phi) is 8.62. The highest BCUT2D eigenvalue weighted by molar-refractivity contribution is 6.67. The van der Waals surface area contributed by atoms with E-state index in [4.69, 9.17) is 32.6 Å². The Morgan fingerprint density at radius 3 is 2.26 bits per heavy atom. The van der Waals surface area contributed by atoms with Gasteiger partial charge in [0.2, 0.25) is 0 Å². The first-order valence-corrected chi connectivity index (χ1v) is 14.4. The molecule has 0 radical (unpaired) electrons. The van der Waals surface area contributed by atoms with Gasteiger partial charge >= 0.3 is 17.4 Å². The van der Waals surface area contributed by atoms with Crippen LogP contribution in [-0.2, 0) is 38.7 Å². The van der Waals surface area contributed by atoms with Gasteiger partial charge in [-0.3, -0.25) is 14.4 Å².